The van der Waals surface area contributed by atoms with Crippen LogP contribution in [0.5, 0.6) is 0 Å². The first-order valence-corrected chi connectivity index (χ1v) is 11.3. The predicted octanol–water partition coefficient (Wildman–Crippen LogP) is 1.87. The summed E-state index contributed by atoms with van der Waals surface area (Å²) >= 11 is 0. The third kappa shape index (κ3) is 4.12. The number of primary amides is 1. The Labute approximate surface area is 201 Å². The van der Waals surface area contributed by atoms with E-state index in [-0.39, 0.29) is 23.6 Å². The average molecular weight is 472 g/mol. The zero-order valence-electron chi connectivity index (χ0n) is 19.6. The second-order valence-electron chi connectivity index (χ2n) is 9.01. The van der Waals surface area contributed by atoms with Gasteiger partial charge in [0.1, 0.15) is 6.07 Å². The standard InChI is InChI=1S/C23H25N11O/c1-13(2)33-10-16(7-28-33)19-12-34-22(31-19)20(17(8-29-34)21(25)35)30-18-11-32(9-14(18)3)23-26-5-15(4-24)6-27-23/h5-8,10,12-14,18,30H,9,11H2,1-3H3,(H2,25,35)/t14-,18-/m1/s1. The molecule has 4 aromatic rings. The van der Waals surface area contributed by atoms with Gasteiger partial charge < -0.3 is 16.0 Å². The highest BCUT2D eigenvalue weighted by Gasteiger charge is 2.32. The molecule has 5 rings (SSSR count). The van der Waals surface area contributed by atoms with Crippen molar-refractivity contribution >= 4 is 23.2 Å². The van der Waals surface area contributed by atoms with Gasteiger partial charge in [0, 0.05) is 36.9 Å². The molecule has 0 aliphatic carbocycles. The number of hydrogen-bond acceptors (Lipinski definition) is 9. The molecular weight excluding hydrogens is 446 g/mol. The molecule has 1 fully saturated rings. The summed E-state index contributed by atoms with van der Waals surface area (Å²) in [7, 11) is 0. The summed E-state index contributed by atoms with van der Waals surface area (Å²) in [6.07, 6.45) is 9.99. The molecule has 12 heteroatoms. The Hall–Kier alpha value is -4.53. The first-order valence-electron chi connectivity index (χ1n) is 11.3. The highest BCUT2D eigenvalue weighted by atomic mass is 16.1. The molecule has 0 radical (unpaired) electrons. The smallest absolute Gasteiger partial charge is 0.252 e. The van der Waals surface area contributed by atoms with Gasteiger partial charge in [-0.2, -0.15) is 15.5 Å². The van der Waals surface area contributed by atoms with Crippen LogP contribution in [-0.2, 0) is 0 Å². The van der Waals surface area contributed by atoms with E-state index in [0.29, 0.717) is 41.6 Å². The Morgan fingerprint density at radius 1 is 1.17 bits per heavy atom. The number of fused-ring (bicyclic) bond motifs is 1. The van der Waals surface area contributed by atoms with Gasteiger partial charge in [0.2, 0.25) is 5.95 Å². The number of nitrogens with zero attached hydrogens (tertiary/aromatic N) is 9. The van der Waals surface area contributed by atoms with Crippen molar-refractivity contribution in [3.05, 3.63) is 48.3 Å². The van der Waals surface area contributed by atoms with Crippen LogP contribution in [0.4, 0.5) is 11.6 Å². The Bertz CT molecular complexity index is 1430. The van der Waals surface area contributed by atoms with E-state index < -0.39 is 5.91 Å². The summed E-state index contributed by atoms with van der Waals surface area (Å²) in [4.78, 5) is 27.7. The van der Waals surface area contributed by atoms with E-state index in [1.807, 2.05) is 28.0 Å². The van der Waals surface area contributed by atoms with Crippen molar-refractivity contribution in [1.82, 2.24) is 34.3 Å². The molecule has 4 aromatic heterocycles. The monoisotopic (exact) mass is 471 g/mol. The van der Waals surface area contributed by atoms with Gasteiger partial charge in [-0.1, -0.05) is 6.92 Å². The number of hydrogen-bond donors (Lipinski definition) is 2. The largest absolute Gasteiger partial charge is 0.376 e. The fraction of sp³-hybridized carbons (Fsp3) is 0.348. The van der Waals surface area contributed by atoms with Crippen LogP contribution in [0.3, 0.4) is 0 Å². The number of anilines is 2. The minimum Gasteiger partial charge on any atom is -0.376 e. The summed E-state index contributed by atoms with van der Waals surface area (Å²) in [5.74, 6) is 0.180. The predicted molar refractivity (Wildman–Crippen MR) is 129 cm³/mol. The van der Waals surface area contributed by atoms with Gasteiger partial charge in [0.25, 0.3) is 5.91 Å². The van der Waals surface area contributed by atoms with Crippen molar-refractivity contribution in [3.63, 3.8) is 0 Å². The van der Waals surface area contributed by atoms with Crippen LogP contribution >= 0.6 is 0 Å². The van der Waals surface area contributed by atoms with Gasteiger partial charge in [0.05, 0.1) is 53.5 Å². The summed E-state index contributed by atoms with van der Waals surface area (Å²) in [5.41, 5.74) is 8.97. The second kappa shape index (κ2) is 8.68. The van der Waals surface area contributed by atoms with Gasteiger partial charge in [-0.15, -0.1) is 0 Å². The Kier molecular flexibility index (Phi) is 5.52. The molecule has 1 aliphatic heterocycles. The fourth-order valence-electron chi connectivity index (χ4n) is 4.20. The number of nitrogens with two attached hydrogens (primary N) is 1. The van der Waals surface area contributed by atoms with E-state index in [2.05, 4.69) is 46.3 Å². The first-order chi connectivity index (χ1) is 16.8. The number of imidazole rings is 1. The van der Waals surface area contributed by atoms with Crippen molar-refractivity contribution in [2.45, 2.75) is 32.9 Å². The topological polar surface area (TPSA) is 156 Å². The number of carbonyl (C=O) groups is 1. The molecule has 12 nitrogen and oxygen atoms in total. The molecule has 35 heavy (non-hydrogen) atoms. The molecule has 0 aromatic carbocycles. The molecule has 3 N–H and O–H groups in total. The van der Waals surface area contributed by atoms with E-state index in [1.54, 1.807) is 10.7 Å². The number of nitrogens with one attached hydrogen (secondary N) is 1. The van der Waals surface area contributed by atoms with Crippen molar-refractivity contribution in [2.75, 3.05) is 23.3 Å². The third-order valence-electron chi connectivity index (χ3n) is 6.18. The first kappa shape index (κ1) is 22.3. The van der Waals surface area contributed by atoms with E-state index in [4.69, 9.17) is 16.0 Å². The number of carbonyl (C=O) groups excluding carboxylic acids is 1. The zero-order chi connectivity index (χ0) is 24.7. The molecular formula is C23H25N11O. The summed E-state index contributed by atoms with van der Waals surface area (Å²) in [6.45, 7) is 7.54. The average Bonchev–Trinajstić information content (AvgIpc) is 3.57. The van der Waals surface area contributed by atoms with Crippen LogP contribution < -0.4 is 16.0 Å². The van der Waals surface area contributed by atoms with Gasteiger partial charge >= 0.3 is 0 Å². The lowest BCUT2D eigenvalue weighted by Gasteiger charge is -2.20. The molecule has 0 saturated carbocycles. The van der Waals surface area contributed by atoms with Crippen LogP contribution in [0, 0.1) is 17.2 Å². The van der Waals surface area contributed by atoms with Crippen molar-refractivity contribution in [3.8, 4) is 17.3 Å². The maximum Gasteiger partial charge on any atom is 0.252 e. The molecule has 2 atom stereocenters. The highest BCUT2D eigenvalue weighted by molar-refractivity contribution is 6.01. The SMILES string of the molecule is CC(C)n1cc(-c2cn3ncc(C(N)=O)c(N[C@@H]4CN(c5ncc(C#N)cn5)C[C@H]4C)c3n2)cn1. The van der Waals surface area contributed by atoms with E-state index in [1.165, 1.54) is 18.6 Å². The van der Waals surface area contributed by atoms with E-state index in [0.717, 1.165) is 5.56 Å². The maximum atomic E-state index is 12.3. The summed E-state index contributed by atoms with van der Waals surface area (Å²) in [6, 6.07) is 2.23. The lowest BCUT2D eigenvalue weighted by Crippen LogP contribution is -2.30. The maximum absolute atomic E-state index is 12.3. The number of amides is 1. The second-order valence-corrected chi connectivity index (χ2v) is 9.01. The number of rotatable bonds is 6. The third-order valence-corrected chi connectivity index (χ3v) is 6.18. The molecule has 178 valence electrons. The lowest BCUT2D eigenvalue weighted by atomic mass is 10.1. The molecule has 1 aliphatic rings. The minimum absolute atomic E-state index is 0.0256. The fourth-order valence-corrected chi connectivity index (χ4v) is 4.20. The summed E-state index contributed by atoms with van der Waals surface area (Å²) < 4.78 is 3.50. The van der Waals surface area contributed by atoms with Gasteiger partial charge in [0.15, 0.2) is 5.65 Å². The molecule has 0 bridgehead atoms. The lowest BCUT2D eigenvalue weighted by molar-refractivity contribution is 0.100. The van der Waals surface area contributed by atoms with Gasteiger partial charge in [-0.3, -0.25) is 9.48 Å². The van der Waals surface area contributed by atoms with Crippen molar-refractivity contribution in [1.29, 1.82) is 5.26 Å². The number of aromatic nitrogens is 7. The molecule has 0 unspecified atom stereocenters. The van der Waals surface area contributed by atoms with Crippen LogP contribution in [-0.4, -0.2) is 59.4 Å². The van der Waals surface area contributed by atoms with E-state index >= 15 is 0 Å². The Balaban J connectivity index is 1.47. The van der Waals surface area contributed by atoms with Crippen LogP contribution in [0.15, 0.2) is 37.2 Å². The van der Waals surface area contributed by atoms with Gasteiger partial charge in [-0.25, -0.2) is 19.5 Å². The van der Waals surface area contributed by atoms with Crippen LogP contribution in [0.25, 0.3) is 16.9 Å². The highest BCUT2D eigenvalue weighted by Crippen LogP contribution is 2.29. The van der Waals surface area contributed by atoms with Crippen LogP contribution in [0.2, 0.25) is 0 Å². The Morgan fingerprint density at radius 3 is 2.60 bits per heavy atom. The normalized spacial score (nSPS) is 17.7. The van der Waals surface area contributed by atoms with Crippen molar-refractivity contribution < 1.29 is 4.79 Å². The van der Waals surface area contributed by atoms with Gasteiger partial charge in [-0.05, 0) is 19.8 Å². The Morgan fingerprint density at radius 2 is 1.94 bits per heavy atom. The molecule has 5 heterocycles. The molecule has 1 saturated heterocycles. The quantitative estimate of drug-likeness (QED) is 0.428. The molecule has 1 amide bonds. The number of nitriles is 1. The molecule has 0 spiro atoms. The van der Waals surface area contributed by atoms with Crippen molar-refractivity contribution in [2.24, 2.45) is 11.7 Å². The van der Waals surface area contributed by atoms with E-state index in [9.17, 15) is 4.79 Å². The zero-order valence-corrected chi connectivity index (χ0v) is 19.6. The van der Waals surface area contributed by atoms with Crippen LogP contribution in [0.1, 0.15) is 42.7 Å². The summed E-state index contributed by atoms with van der Waals surface area (Å²) in [5, 5.41) is 21.2. The minimum atomic E-state index is -0.586.